The Kier molecular flexibility index (Phi) is 4.99. The van der Waals surface area contributed by atoms with Crippen molar-refractivity contribution >= 4 is 39.1 Å². The molecule has 0 aliphatic heterocycles. The maximum atomic E-state index is 12.4. The third-order valence-corrected chi connectivity index (χ3v) is 4.13. The topological polar surface area (TPSA) is 93.4 Å². The zero-order valence-electron chi connectivity index (χ0n) is 11.9. The van der Waals surface area contributed by atoms with E-state index in [4.69, 9.17) is 4.42 Å². The predicted octanol–water partition coefficient (Wildman–Crippen LogP) is -1.95. The SMILES string of the molecule is C[S+]([O-])c1ccc2c(=O)c3cc(C(=O)[O-])ccc3oc2c1.[Na+]. The van der Waals surface area contributed by atoms with E-state index >= 15 is 0 Å². The van der Waals surface area contributed by atoms with Crippen LogP contribution in [0.3, 0.4) is 0 Å². The average Bonchev–Trinajstić information content (AvgIpc) is 2.46. The number of carboxylic acids is 1. The van der Waals surface area contributed by atoms with Crippen molar-refractivity contribution in [2.45, 2.75) is 4.90 Å². The minimum Gasteiger partial charge on any atom is -0.612 e. The molecule has 22 heavy (non-hydrogen) atoms. The molecule has 5 nitrogen and oxygen atoms in total. The van der Waals surface area contributed by atoms with Crippen molar-refractivity contribution < 1.29 is 48.4 Å². The van der Waals surface area contributed by atoms with Gasteiger partial charge in [-0.25, -0.2) is 0 Å². The van der Waals surface area contributed by atoms with Gasteiger partial charge < -0.3 is 18.9 Å². The van der Waals surface area contributed by atoms with E-state index in [1.54, 1.807) is 12.1 Å². The monoisotopic (exact) mass is 324 g/mol. The molecule has 1 heterocycles. The summed E-state index contributed by atoms with van der Waals surface area (Å²) in [6, 6.07) is 8.64. The van der Waals surface area contributed by atoms with Crippen molar-refractivity contribution in [2.24, 2.45) is 0 Å². The molecule has 1 aromatic heterocycles. The van der Waals surface area contributed by atoms with Crippen molar-refractivity contribution in [1.82, 2.24) is 0 Å². The molecular weight excluding hydrogens is 315 g/mol. The number of carbonyl (C=O) groups is 1. The number of fused-ring (bicyclic) bond motifs is 2. The summed E-state index contributed by atoms with van der Waals surface area (Å²) < 4.78 is 17.1. The van der Waals surface area contributed by atoms with Crippen LogP contribution in [0.1, 0.15) is 10.4 Å². The maximum absolute atomic E-state index is 12.4. The van der Waals surface area contributed by atoms with E-state index in [1.165, 1.54) is 30.5 Å². The molecule has 1 atom stereocenters. The minimum absolute atomic E-state index is 0. The summed E-state index contributed by atoms with van der Waals surface area (Å²) in [4.78, 5) is 23.8. The summed E-state index contributed by atoms with van der Waals surface area (Å²) in [6.45, 7) is 0. The van der Waals surface area contributed by atoms with Crippen LogP contribution < -0.4 is 40.1 Å². The fourth-order valence-corrected chi connectivity index (χ4v) is 2.67. The molecule has 0 bridgehead atoms. The van der Waals surface area contributed by atoms with Gasteiger partial charge in [0.1, 0.15) is 17.4 Å². The van der Waals surface area contributed by atoms with Crippen molar-refractivity contribution in [3.05, 3.63) is 52.2 Å². The van der Waals surface area contributed by atoms with Gasteiger partial charge in [0.2, 0.25) is 5.43 Å². The molecule has 0 saturated heterocycles. The summed E-state index contributed by atoms with van der Waals surface area (Å²) in [5.74, 6) is -1.35. The molecule has 0 saturated carbocycles. The van der Waals surface area contributed by atoms with Gasteiger partial charge in [-0.2, -0.15) is 0 Å². The molecule has 3 rings (SSSR count). The first kappa shape index (κ1) is 17.1. The summed E-state index contributed by atoms with van der Waals surface area (Å²) in [5, 5.41) is 11.3. The molecule has 0 spiro atoms. The molecule has 7 heteroatoms. The van der Waals surface area contributed by atoms with Gasteiger partial charge in [-0.1, -0.05) is 0 Å². The standard InChI is InChI=1S/C15H10O5S.Na/c1-21(19)9-3-4-10-13(7-9)20-12-5-2-8(15(17)18)6-11(12)14(10)16;/h2-7H,1H3,(H,17,18);/q;+1/p-1. The number of aromatic carboxylic acids is 1. The molecule has 0 aliphatic carbocycles. The molecule has 0 radical (unpaired) electrons. The van der Waals surface area contributed by atoms with E-state index in [1.807, 2.05) is 0 Å². The summed E-state index contributed by atoms with van der Waals surface area (Å²) >= 11 is -1.18. The van der Waals surface area contributed by atoms with E-state index in [-0.39, 0.29) is 51.5 Å². The maximum Gasteiger partial charge on any atom is 1.00 e. The van der Waals surface area contributed by atoms with Gasteiger partial charge in [-0.3, -0.25) is 4.79 Å². The van der Waals surface area contributed by atoms with Crippen molar-refractivity contribution in [3.63, 3.8) is 0 Å². The Labute approximate surface area is 150 Å². The number of carbonyl (C=O) groups excluding carboxylic acids is 1. The van der Waals surface area contributed by atoms with Crippen LogP contribution in [0.4, 0.5) is 0 Å². The Hall–Kier alpha value is -1.31. The zero-order valence-corrected chi connectivity index (χ0v) is 14.7. The Morgan fingerprint density at radius 1 is 1.09 bits per heavy atom. The first-order valence-electron chi connectivity index (χ1n) is 6.03. The second-order valence-corrected chi connectivity index (χ2v) is 5.92. The van der Waals surface area contributed by atoms with E-state index < -0.39 is 17.1 Å². The van der Waals surface area contributed by atoms with E-state index in [2.05, 4.69) is 0 Å². The average molecular weight is 324 g/mol. The number of benzene rings is 2. The van der Waals surface area contributed by atoms with E-state index in [9.17, 15) is 19.2 Å². The van der Waals surface area contributed by atoms with Gasteiger partial charge in [0.25, 0.3) is 0 Å². The van der Waals surface area contributed by atoms with Crippen LogP contribution in [0.5, 0.6) is 0 Å². The molecule has 0 fully saturated rings. The third-order valence-electron chi connectivity index (χ3n) is 3.21. The number of carboxylic acid groups (broad SMARTS) is 1. The molecule has 0 aliphatic rings. The van der Waals surface area contributed by atoms with Crippen LogP contribution >= 0.6 is 0 Å². The fourth-order valence-electron chi connectivity index (χ4n) is 2.14. The zero-order chi connectivity index (χ0) is 15.1. The molecule has 0 N–H and O–H groups in total. The van der Waals surface area contributed by atoms with Crippen LogP contribution in [0, 0.1) is 0 Å². The quantitative estimate of drug-likeness (QED) is 0.310. The summed E-state index contributed by atoms with van der Waals surface area (Å²) in [5.41, 5.74) is 0.182. The van der Waals surface area contributed by atoms with Crippen molar-refractivity contribution in [1.29, 1.82) is 0 Å². The Balaban J connectivity index is 0.00000176. The largest absolute Gasteiger partial charge is 1.00 e. The van der Waals surface area contributed by atoms with Crippen LogP contribution in [0.2, 0.25) is 0 Å². The van der Waals surface area contributed by atoms with Crippen LogP contribution in [0.15, 0.2) is 50.5 Å². The Morgan fingerprint density at radius 3 is 2.45 bits per heavy atom. The van der Waals surface area contributed by atoms with Crippen LogP contribution in [-0.2, 0) is 11.2 Å². The summed E-state index contributed by atoms with van der Waals surface area (Å²) in [6.07, 6.45) is 1.53. The molecule has 3 aromatic rings. The van der Waals surface area contributed by atoms with Gasteiger partial charge >= 0.3 is 29.6 Å². The van der Waals surface area contributed by atoms with Crippen LogP contribution in [-0.4, -0.2) is 16.8 Å². The second kappa shape index (κ2) is 6.44. The first-order valence-corrected chi connectivity index (χ1v) is 7.58. The smallest absolute Gasteiger partial charge is 0.612 e. The van der Waals surface area contributed by atoms with Crippen LogP contribution in [0.25, 0.3) is 21.9 Å². The summed E-state index contributed by atoms with van der Waals surface area (Å²) in [7, 11) is 0. The number of rotatable bonds is 2. The Morgan fingerprint density at radius 2 is 1.82 bits per heavy atom. The van der Waals surface area contributed by atoms with E-state index in [0.29, 0.717) is 15.9 Å². The number of hydrogen-bond donors (Lipinski definition) is 0. The fraction of sp³-hybridized carbons (Fsp3) is 0.0667. The van der Waals surface area contributed by atoms with Crippen molar-refractivity contribution in [3.8, 4) is 0 Å². The number of hydrogen-bond acceptors (Lipinski definition) is 5. The second-order valence-electron chi connectivity index (χ2n) is 4.54. The van der Waals surface area contributed by atoms with Gasteiger partial charge in [0.05, 0.1) is 16.7 Å². The van der Waals surface area contributed by atoms with Crippen molar-refractivity contribution in [2.75, 3.05) is 6.26 Å². The minimum atomic E-state index is -1.35. The van der Waals surface area contributed by atoms with Gasteiger partial charge in [-0.15, -0.1) is 0 Å². The van der Waals surface area contributed by atoms with E-state index in [0.717, 1.165) is 0 Å². The normalized spacial score (nSPS) is 12.1. The van der Waals surface area contributed by atoms with Gasteiger partial charge in [0.15, 0.2) is 4.90 Å². The third kappa shape index (κ3) is 2.93. The molecule has 106 valence electrons. The first-order chi connectivity index (χ1) is 9.97. The molecule has 1 unspecified atom stereocenters. The molecular formula is C15H9NaO5S. The molecule has 2 aromatic carbocycles. The molecule has 0 amide bonds. The van der Waals surface area contributed by atoms with Gasteiger partial charge in [0, 0.05) is 6.07 Å². The predicted molar refractivity (Wildman–Crippen MR) is 76.7 cm³/mol. The Bertz CT molecular complexity index is 932. The van der Waals surface area contributed by atoms with Gasteiger partial charge in [-0.05, 0) is 47.1 Å².